The Morgan fingerprint density at radius 3 is 2.74 bits per heavy atom. The van der Waals surface area contributed by atoms with Gasteiger partial charge < -0.3 is 20.5 Å². The van der Waals surface area contributed by atoms with Crippen molar-refractivity contribution >= 4 is 40.3 Å². The molecule has 1 fully saturated rings. The minimum atomic E-state index is -0.902. The second-order valence-electron chi connectivity index (χ2n) is 10.1. The molecule has 5 rings (SSSR count). The summed E-state index contributed by atoms with van der Waals surface area (Å²) in [7, 11) is 0. The molecule has 0 radical (unpaired) electrons. The van der Waals surface area contributed by atoms with Crippen LogP contribution in [0.1, 0.15) is 32.3 Å². The van der Waals surface area contributed by atoms with Crippen LogP contribution in [-0.4, -0.2) is 38.5 Å². The summed E-state index contributed by atoms with van der Waals surface area (Å²) in [4.78, 5) is 26.1. The molecule has 8 nitrogen and oxygen atoms in total. The minimum Gasteiger partial charge on any atom is -0.350 e. The van der Waals surface area contributed by atoms with Crippen molar-refractivity contribution in [2.45, 2.75) is 39.8 Å². The number of carbonyl (C=O) groups is 1. The molecular weight excluding hydrogens is 524 g/mol. The molecule has 0 unspecified atom stereocenters. The van der Waals surface area contributed by atoms with E-state index < -0.39 is 11.6 Å². The van der Waals surface area contributed by atoms with Gasteiger partial charge in [-0.1, -0.05) is 31.5 Å². The topological polar surface area (TPSA) is 96.8 Å². The Morgan fingerprint density at radius 1 is 1.18 bits per heavy atom. The van der Waals surface area contributed by atoms with Crippen LogP contribution in [0.5, 0.6) is 0 Å². The molecule has 39 heavy (non-hydrogen) atoms. The Labute approximate surface area is 230 Å². The van der Waals surface area contributed by atoms with E-state index in [2.05, 4.69) is 25.5 Å². The van der Waals surface area contributed by atoms with Gasteiger partial charge in [-0.25, -0.2) is 18.7 Å². The minimum absolute atomic E-state index is 0.0884. The molecule has 2 aromatic heterocycles. The normalized spacial score (nSPS) is 15.6. The molecule has 204 valence electrons. The summed E-state index contributed by atoms with van der Waals surface area (Å²) in [5.74, 6) is -0.643. The lowest BCUT2D eigenvalue weighted by Gasteiger charge is -2.24. The van der Waals surface area contributed by atoms with Gasteiger partial charge in [-0.2, -0.15) is 4.98 Å². The van der Waals surface area contributed by atoms with Crippen LogP contribution >= 0.6 is 11.6 Å². The van der Waals surface area contributed by atoms with Gasteiger partial charge in [-0.05, 0) is 67.7 Å². The number of benzene rings is 2. The third-order valence-electron chi connectivity index (χ3n) is 6.76. The van der Waals surface area contributed by atoms with Crippen LogP contribution < -0.4 is 16.0 Å². The monoisotopic (exact) mass is 553 g/mol. The average molecular weight is 554 g/mol. The van der Waals surface area contributed by atoms with E-state index in [0.29, 0.717) is 51.7 Å². The van der Waals surface area contributed by atoms with E-state index in [1.165, 1.54) is 6.07 Å². The fourth-order valence-electron chi connectivity index (χ4n) is 4.61. The molecular formula is C28H30ClF2N7O. The molecule has 1 aliphatic rings. The van der Waals surface area contributed by atoms with Gasteiger partial charge in [0.2, 0.25) is 11.9 Å². The number of fused-ring (bicyclic) bond motifs is 1. The maximum atomic E-state index is 13.6. The Bertz CT molecular complexity index is 1500. The Kier molecular flexibility index (Phi) is 8.04. The molecule has 1 aliphatic heterocycles. The van der Waals surface area contributed by atoms with Crippen molar-refractivity contribution in [1.82, 2.24) is 24.8 Å². The van der Waals surface area contributed by atoms with E-state index >= 15 is 0 Å². The molecule has 0 bridgehead atoms. The summed E-state index contributed by atoms with van der Waals surface area (Å²) in [5, 5.41) is 9.88. The van der Waals surface area contributed by atoms with E-state index in [1.807, 2.05) is 26.0 Å². The van der Waals surface area contributed by atoms with E-state index in [1.54, 1.807) is 12.3 Å². The number of anilines is 2. The van der Waals surface area contributed by atoms with Crippen LogP contribution in [0.25, 0.3) is 22.6 Å². The second kappa shape index (κ2) is 11.6. The smallest absolute Gasteiger partial charge is 0.226 e. The van der Waals surface area contributed by atoms with Crippen molar-refractivity contribution in [3.63, 3.8) is 0 Å². The maximum absolute atomic E-state index is 13.6. The SMILES string of the molecule is CC(C)C(=O)Nc1ccc(-c2nc3cnc(NCc4ccc(F)c(F)c4)nc3n2C[C@@H]2CCCNC2)c(Cl)c1. The number of piperidine rings is 1. The predicted octanol–water partition coefficient (Wildman–Crippen LogP) is 5.63. The maximum Gasteiger partial charge on any atom is 0.226 e. The first-order valence-corrected chi connectivity index (χ1v) is 13.4. The fraction of sp³-hybridized carbons (Fsp3) is 0.357. The lowest BCUT2D eigenvalue weighted by molar-refractivity contribution is -0.118. The zero-order chi connectivity index (χ0) is 27.5. The quantitative estimate of drug-likeness (QED) is 0.262. The first kappa shape index (κ1) is 27.0. The summed E-state index contributed by atoms with van der Waals surface area (Å²) in [5.41, 5.74) is 3.16. The highest BCUT2D eigenvalue weighted by Crippen LogP contribution is 2.33. The number of nitrogens with zero attached hydrogens (tertiary/aromatic N) is 4. The number of nitrogens with one attached hydrogen (secondary N) is 3. The molecule has 1 saturated heterocycles. The zero-order valence-corrected chi connectivity index (χ0v) is 22.5. The lowest BCUT2D eigenvalue weighted by Crippen LogP contribution is -2.32. The third kappa shape index (κ3) is 6.17. The Hall–Kier alpha value is -3.63. The first-order chi connectivity index (χ1) is 18.8. The van der Waals surface area contributed by atoms with E-state index in [-0.39, 0.29) is 18.4 Å². The van der Waals surface area contributed by atoms with Crippen LogP contribution in [0.4, 0.5) is 20.4 Å². The zero-order valence-electron chi connectivity index (χ0n) is 21.8. The second-order valence-corrected chi connectivity index (χ2v) is 10.5. The molecule has 1 atom stereocenters. The number of hydrogen-bond donors (Lipinski definition) is 3. The molecule has 0 spiro atoms. The van der Waals surface area contributed by atoms with E-state index in [0.717, 1.165) is 43.6 Å². The molecule has 11 heteroatoms. The van der Waals surface area contributed by atoms with Crippen molar-refractivity contribution in [3.05, 3.63) is 64.8 Å². The van der Waals surface area contributed by atoms with Crippen LogP contribution in [0.15, 0.2) is 42.6 Å². The van der Waals surface area contributed by atoms with Gasteiger partial charge in [0.05, 0.1) is 11.2 Å². The van der Waals surface area contributed by atoms with Crippen molar-refractivity contribution in [3.8, 4) is 11.4 Å². The van der Waals surface area contributed by atoms with Crippen LogP contribution in [0.2, 0.25) is 5.02 Å². The highest BCUT2D eigenvalue weighted by molar-refractivity contribution is 6.33. The van der Waals surface area contributed by atoms with E-state index in [4.69, 9.17) is 21.6 Å². The van der Waals surface area contributed by atoms with Gasteiger partial charge >= 0.3 is 0 Å². The standard InChI is InChI=1S/C28H30ClF2N7O/c1-16(2)27(39)35-19-6-7-20(21(29)11-19)25-36-24-14-34-28(33-13-17-5-8-22(30)23(31)10-17)37-26(24)38(25)15-18-4-3-9-32-12-18/h5-8,10-11,14,16,18,32H,3-4,9,12-13,15H2,1-2H3,(H,35,39)(H,33,34,37)/t18-/m1/s1. The van der Waals surface area contributed by atoms with Crippen LogP contribution in [0, 0.1) is 23.5 Å². The summed E-state index contributed by atoms with van der Waals surface area (Å²) < 4.78 is 29.0. The summed E-state index contributed by atoms with van der Waals surface area (Å²) in [6, 6.07) is 9.15. The van der Waals surface area contributed by atoms with Gasteiger partial charge in [0.25, 0.3) is 0 Å². The molecule has 4 aromatic rings. The van der Waals surface area contributed by atoms with Crippen molar-refractivity contribution < 1.29 is 13.6 Å². The van der Waals surface area contributed by atoms with Crippen molar-refractivity contribution in [1.29, 1.82) is 0 Å². The number of aromatic nitrogens is 4. The lowest BCUT2D eigenvalue weighted by atomic mass is 9.99. The van der Waals surface area contributed by atoms with Crippen molar-refractivity contribution in [2.24, 2.45) is 11.8 Å². The predicted molar refractivity (Wildman–Crippen MR) is 149 cm³/mol. The summed E-state index contributed by atoms with van der Waals surface area (Å²) in [6.45, 7) is 6.46. The van der Waals surface area contributed by atoms with Gasteiger partial charge in [0.1, 0.15) is 11.3 Å². The molecule has 0 aliphatic carbocycles. The third-order valence-corrected chi connectivity index (χ3v) is 7.08. The summed E-state index contributed by atoms with van der Waals surface area (Å²) >= 11 is 6.72. The molecule has 1 amide bonds. The van der Waals surface area contributed by atoms with Crippen LogP contribution in [0.3, 0.4) is 0 Å². The largest absolute Gasteiger partial charge is 0.350 e. The number of carbonyl (C=O) groups excluding carboxylic acids is 1. The molecule has 0 saturated carbocycles. The molecule has 3 heterocycles. The summed E-state index contributed by atoms with van der Waals surface area (Å²) in [6.07, 6.45) is 3.81. The average Bonchev–Trinajstić information content (AvgIpc) is 3.27. The van der Waals surface area contributed by atoms with Gasteiger partial charge in [-0.15, -0.1) is 0 Å². The molecule has 2 aromatic carbocycles. The van der Waals surface area contributed by atoms with Crippen LogP contribution in [-0.2, 0) is 17.9 Å². The number of halogens is 3. The van der Waals surface area contributed by atoms with Gasteiger partial charge in [0.15, 0.2) is 17.3 Å². The Morgan fingerprint density at radius 2 is 2.03 bits per heavy atom. The highest BCUT2D eigenvalue weighted by Gasteiger charge is 2.22. The van der Waals surface area contributed by atoms with Gasteiger partial charge in [-0.3, -0.25) is 4.79 Å². The number of rotatable bonds is 8. The number of hydrogen-bond acceptors (Lipinski definition) is 6. The van der Waals surface area contributed by atoms with Gasteiger partial charge in [0, 0.05) is 30.3 Å². The molecule has 3 N–H and O–H groups in total. The Balaban J connectivity index is 1.48. The fourth-order valence-corrected chi connectivity index (χ4v) is 4.88. The van der Waals surface area contributed by atoms with E-state index in [9.17, 15) is 13.6 Å². The first-order valence-electron chi connectivity index (χ1n) is 13.0. The van der Waals surface area contributed by atoms with Crippen molar-refractivity contribution in [2.75, 3.05) is 23.7 Å². The number of imidazole rings is 1. The highest BCUT2D eigenvalue weighted by atomic mass is 35.5. The number of amides is 1.